The van der Waals surface area contributed by atoms with E-state index in [1.165, 1.54) is 11.0 Å². The largest absolute Gasteiger partial charge is 0.451 e. The summed E-state index contributed by atoms with van der Waals surface area (Å²) in [7, 11) is 1.59. The quantitative estimate of drug-likeness (QED) is 0.553. The Bertz CT molecular complexity index is 920. The Labute approximate surface area is 164 Å². The van der Waals surface area contributed by atoms with E-state index < -0.39 is 17.5 Å². The van der Waals surface area contributed by atoms with Crippen LogP contribution in [0.15, 0.2) is 29.3 Å². The molecule has 1 fully saturated rings. The summed E-state index contributed by atoms with van der Waals surface area (Å²) >= 11 is 0.938. The van der Waals surface area contributed by atoms with E-state index in [0.29, 0.717) is 18.2 Å². The number of thioether (sulfide) groups is 1. The van der Waals surface area contributed by atoms with Crippen molar-refractivity contribution in [2.24, 2.45) is 0 Å². The minimum atomic E-state index is -4.67. The maximum atomic E-state index is 13.1. The molecule has 1 aliphatic carbocycles. The number of benzene rings is 1. The van der Waals surface area contributed by atoms with Gasteiger partial charge in [-0.1, -0.05) is 49.2 Å². The van der Waals surface area contributed by atoms with Crippen molar-refractivity contribution < 1.29 is 18.0 Å². The predicted molar refractivity (Wildman–Crippen MR) is 99.5 cm³/mol. The van der Waals surface area contributed by atoms with Crippen LogP contribution in [0.3, 0.4) is 0 Å². The van der Waals surface area contributed by atoms with Crippen LogP contribution in [0.5, 0.6) is 0 Å². The molecule has 1 aromatic heterocycles. The van der Waals surface area contributed by atoms with Crippen LogP contribution in [0.25, 0.3) is 10.9 Å². The highest BCUT2D eigenvalue weighted by Gasteiger charge is 2.39. The Kier molecular flexibility index (Phi) is 5.79. The number of rotatable bonds is 4. The van der Waals surface area contributed by atoms with Crippen molar-refractivity contribution >= 4 is 28.6 Å². The molecule has 0 saturated heterocycles. The molecule has 0 radical (unpaired) electrons. The average Bonchev–Trinajstić information content (AvgIpc) is 2.70. The lowest BCUT2D eigenvalue weighted by Crippen LogP contribution is -2.50. The number of hydrogen-bond acceptors (Lipinski definition) is 5. The van der Waals surface area contributed by atoms with Crippen molar-refractivity contribution in [3.05, 3.63) is 30.1 Å². The first-order valence-corrected chi connectivity index (χ1v) is 9.90. The van der Waals surface area contributed by atoms with Gasteiger partial charge in [0.1, 0.15) is 10.6 Å². The Hall–Kier alpha value is -2.34. The molecule has 1 aromatic carbocycles. The predicted octanol–water partition coefficient (Wildman–Crippen LogP) is 4.43. The molecule has 1 saturated carbocycles. The van der Waals surface area contributed by atoms with Gasteiger partial charge in [0.2, 0.25) is 11.7 Å². The number of carbonyl (C=O) groups excluding carboxylic acids is 1. The van der Waals surface area contributed by atoms with Gasteiger partial charge in [-0.3, -0.25) is 4.79 Å². The Morgan fingerprint density at radius 1 is 1.25 bits per heavy atom. The molecule has 28 heavy (non-hydrogen) atoms. The highest BCUT2D eigenvalue weighted by Crippen LogP contribution is 2.35. The number of amides is 1. The molecule has 3 rings (SSSR count). The van der Waals surface area contributed by atoms with Gasteiger partial charge in [-0.05, 0) is 18.9 Å². The van der Waals surface area contributed by atoms with Gasteiger partial charge in [-0.25, -0.2) is 9.97 Å². The van der Waals surface area contributed by atoms with Crippen molar-refractivity contribution in [1.29, 1.82) is 5.26 Å². The monoisotopic (exact) mass is 408 g/mol. The first kappa shape index (κ1) is 20.4. The molecule has 0 unspecified atom stereocenters. The van der Waals surface area contributed by atoms with Crippen molar-refractivity contribution in [2.75, 3.05) is 12.8 Å². The number of fused-ring (bicyclic) bond motifs is 1. The minimum Gasteiger partial charge on any atom is -0.326 e. The van der Waals surface area contributed by atoms with Gasteiger partial charge in [0.15, 0.2) is 0 Å². The Balaban J connectivity index is 1.83. The van der Waals surface area contributed by atoms with Crippen molar-refractivity contribution in [2.45, 2.75) is 48.8 Å². The number of nitrogens with zero attached hydrogens (tertiary/aromatic N) is 4. The second-order valence-corrected chi connectivity index (χ2v) is 7.78. The number of aromatic nitrogens is 2. The lowest BCUT2D eigenvalue weighted by Gasteiger charge is -2.39. The van der Waals surface area contributed by atoms with Crippen molar-refractivity contribution in [3.8, 4) is 6.07 Å². The molecule has 0 atom stereocenters. The summed E-state index contributed by atoms with van der Waals surface area (Å²) in [5, 5.41) is 10.2. The number of nitriles is 1. The first-order chi connectivity index (χ1) is 13.3. The fourth-order valence-electron chi connectivity index (χ4n) is 3.41. The third-order valence-corrected chi connectivity index (χ3v) is 6.04. The van der Waals surface area contributed by atoms with Crippen molar-refractivity contribution in [1.82, 2.24) is 14.9 Å². The van der Waals surface area contributed by atoms with E-state index in [9.17, 15) is 23.2 Å². The molecule has 9 heteroatoms. The molecular formula is C19H19F3N4OS. The second-order valence-electron chi connectivity index (χ2n) is 6.81. The standard InChI is InChI=1S/C19H19F3N4OS/c1-26(18(12-23)9-5-2-6-10-18)15(27)11-28-16-13-7-3-4-8-14(13)24-17(25-16)19(20,21)22/h3-4,7-8H,2,5-6,9-11H2,1H3. The lowest BCUT2D eigenvalue weighted by atomic mass is 9.81. The summed E-state index contributed by atoms with van der Waals surface area (Å²) in [6.45, 7) is 0. The van der Waals surface area contributed by atoms with Crippen LogP contribution >= 0.6 is 11.8 Å². The zero-order valence-electron chi connectivity index (χ0n) is 15.3. The normalized spacial score (nSPS) is 16.5. The Morgan fingerprint density at radius 3 is 2.57 bits per heavy atom. The molecule has 1 amide bonds. The molecule has 0 spiro atoms. The summed E-state index contributed by atoms with van der Waals surface area (Å²) in [6, 6.07) is 8.67. The molecular weight excluding hydrogens is 389 g/mol. The smallest absolute Gasteiger partial charge is 0.326 e. The second kappa shape index (κ2) is 7.95. The number of halogens is 3. The fraction of sp³-hybridized carbons (Fsp3) is 0.474. The molecule has 0 aliphatic heterocycles. The highest BCUT2D eigenvalue weighted by molar-refractivity contribution is 8.00. The molecule has 1 heterocycles. The van der Waals surface area contributed by atoms with Crippen LogP contribution in [-0.2, 0) is 11.0 Å². The van der Waals surface area contributed by atoms with E-state index in [1.807, 2.05) is 0 Å². The molecule has 148 valence electrons. The average molecular weight is 408 g/mol. The van der Waals surface area contributed by atoms with Gasteiger partial charge < -0.3 is 4.90 Å². The topological polar surface area (TPSA) is 69.9 Å². The molecule has 0 N–H and O–H groups in total. The van der Waals surface area contributed by atoms with Crippen LogP contribution < -0.4 is 0 Å². The molecule has 1 aliphatic rings. The summed E-state index contributed by atoms with van der Waals surface area (Å²) in [6.07, 6.45) is -0.649. The van der Waals surface area contributed by atoms with Crippen LogP contribution in [0.4, 0.5) is 13.2 Å². The third-order valence-electron chi connectivity index (χ3n) is 5.06. The minimum absolute atomic E-state index is 0.0990. The Morgan fingerprint density at radius 2 is 1.93 bits per heavy atom. The van der Waals surface area contributed by atoms with Gasteiger partial charge in [0, 0.05) is 12.4 Å². The summed E-state index contributed by atoms with van der Waals surface area (Å²) in [5.41, 5.74) is -0.658. The van der Waals surface area contributed by atoms with E-state index >= 15 is 0 Å². The third kappa shape index (κ3) is 4.07. The fourth-order valence-corrected chi connectivity index (χ4v) is 4.34. The molecule has 5 nitrogen and oxygen atoms in total. The van der Waals surface area contributed by atoms with Crippen LogP contribution in [0, 0.1) is 11.3 Å². The van der Waals surface area contributed by atoms with E-state index in [1.54, 1.807) is 25.2 Å². The summed E-state index contributed by atoms with van der Waals surface area (Å²) in [5.74, 6) is -1.63. The van der Waals surface area contributed by atoms with E-state index in [-0.39, 0.29) is 22.2 Å². The maximum absolute atomic E-state index is 13.1. The van der Waals surface area contributed by atoms with Gasteiger partial charge in [0.05, 0.1) is 17.3 Å². The van der Waals surface area contributed by atoms with Crippen LogP contribution in [0.1, 0.15) is 37.9 Å². The first-order valence-electron chi connectivity index (χ1n) is 8.91. The van der Waals surface area contributed by atoms with Crippen LogP contribution in [0.2, 0.25) is 0 Å². The lowest BCUT2D eigenvalue weighted by molar-refractivity contribution is -0.145. The number of hydrogen-bond donors (Lipinski definition) is 0. The molecule has 2 aromatic rings. The van der Waals surface area contributed by atoms with Gasteiger partial charge in [0.25, 0.3) is 0 Å². The zero-order chi connectivity index (χ0) is 20.4. The van der Waals surface area contributed by atoms with E-state index in [2.05, 4.69) is 16.0 Å². The van der Waals surface area contributed by atoms with E-state index in [0.717, 1.165) is 31.0 Å². The van der Waals surface area contributed by atoms with Gasteiger partial charge in [-0.2, -0.15) is 18.4 Å². The van der Waals surface area contributed by atoms with E-state index in [4.69, 9.17) is 0 Å². The number of alkyl halides is 3. The molecule has 0 bridgehead atoms. The zero-order valence-corrected chi connectivity index (χ0v) is 16.1. The van der Waals surface area contributed by atoms with Crippen LogP contribution in [-0.4, -0.2) is 39.1 Å². The summed E-state index contributed by atoms with van der Waals surface area (Å²) in [4.78, 5) is 21.4. The van der Waals surface area contributed by atoms with Gasteiger partial charge in [-0.15, -0.1) is 0 Å². The highest BCUT2D eigenvalue weighted by atomic mass is 32.2. The van der Waals surface area contributed by atoms with Gasteiger partial charge >= 0.3 is 6.18 Å². The van der Waals surface area contributed by atoms with Crippen molar-refractivity contribution in [3.63, 3.8) is 0 Å². The number of para-hydroxylation sites is 1. The number of carbonyl (C=O) groups is 1. The SMILES string of the molecule is CN(C(=O)CSc1nc(C(F)(F)F)nc2ccccc12)C1(C#N)CCCCC1. The maximum Gasteiger partial charge on any atom is 0.451 e. The summed E-state index contributed by atoms with van der Waals surface area (Å²) < 4.78 is 39.3.